The number of aromatic nitrogens is 3. The number of halogens is 4. The lowest BCUT2D eigenvalue weighted by Gasteiger charge is -2.43. The molecule has 3 N–H and O–H groups in total. The summed E-state index contributed by atoms with van der Waals surface area (Å²) in [6.07, 6.45) is 5.42. The Morgan fingerprint density at radius 2 is 1.65 bits per heavy atom. The van der Waals surface area contributed by atoms with Gasteiger partial charge in [-0.05, 0) is 104 Å². The Labute approximate surface area is 411 Å². The van der Waals surface area contributed by atoms with Crippen molar-refractivity contribution in [1.29, 1.82) is 0 Å². The number of carbonyl (C=O) groups excluding carboxylic acids is 2. The van der Waals surface area contributed by atoms with E-state index in [9.17, 15) is 33.5 Å². The molecule has 20 heteroatoms. The van der Waals surface area contributed by atoms with Gasteiger partial charge in [-0.2, -0.15) is 13.9 Å². The van der Waals surface area contributed by atoms with E-state index >= 15 is 0 Å². The van der Waals surface area contributed by atoms with Crippen LogP contribution in [0.15, 0.2) is 91.3 Å². The van der Waals surface area contributed by atoms with Crippen molar-refractivity contribution in [1.82, 2.24) is 24.9 Å². The molecule has 5 fully saturated rings. The number of ether oxygens (including phenoxy) is 4. The number of amides is 2. The predicted molar refractivity (Wildman–Crippen MR) is 250 cm³/mol. The van der Waals surface area contributed by atoms with E-state index in [0.717, 1.165) is 68.2 Å². The number of hydrogen-bond acceptors (Lipinski definition) is 11. The molecule has 2 bridgehead atoms. The van der Waals surface area contributed by atoms with E-state index in [-0.39, 0.29) is 76.8 Å². The summed E-state index contributed by atoms with van der Waals surface area (Å²) in [5.41, 5.74) is 2.65. The highest BCUT2D eigenvalue weighted by Crippen LogP contribution is 2.51. The molecule has 5 aromatic rings. The highest BCUT2D eigenvalue weighted by Gasteiger charge is 2.57. The Morgan fingerprint density at radius 3 is 2.33 bits per heavy atom. The van der Waals surface area contributed by atoms with Gasteiger partial charge in [0.2, 0.25) is 12.4 Å². The molecule has 6 heterocycles. The third-order valence-electron chi connectivity index (χ3n) is 13.3. The average molecular weight is 1010 g/mol. The second kappa shape index (κ2) is 20.6. The molecule has 0 unspecified atom stereocenters. The Bertz CT molecular complexity index is 2670. The van der Waals surface area contributed by atoms with Crippen LogP contribution in [0.2, 0.25) is 10.0 Å². The number of carboxylic acids is 1. The number of alkyl halides is 2. The van der Waals surface area contributed by atoms with E-state index < -0.39 is 41.4 Å². The van der Waals surface area contributed by atoms with Gasteiger partial charge in [0.25, 0.3) is 5.91 Å². The van der Waals surface area contributed by atoms with Crippen molar-refractivity contribution in [2.24, 2.45) is 18.9 Å². The number of aliphatic carboxylic acids is 1. The first-order valence-corrected chi connectivity index (χ1v) is 24.5. The number of benzene rings is 3. The number of thioether (sulfide) groups is 1. The van der Waals surface area contributed by atoms with Crippen LogP contribution < -0.4 is 24.3 Å². The highest BCUT2D eigenvalue weighted by molar-refractivity contribution is 8.01. The topological polar surface area (TPSA) is 169 Å². The quantitative estimate of drug-likeness (QED) is 0.0571. The molecule has 1 saturated carbocycles. The second-order valence-corrected chi connectivity index (χ2v) is 19.9. The van der Waals surface area contributed by atoms with Crippen molar-refractivity contribution in [3.8, 4) is 17.2 Å². The van der Waals surface area contributed by atoms with E-state index in [1.54, 1.807) is 19.2 Å². The second-order valence-electron chi connectivity index (χ2n) is 17.8. The van der Waals surface area contributed by atoms with E-state index in [4.69, 9.17) is 42.1 Å². The lowest BCUT2D eigenvalue weighted by atomic mass is 9.84. The maximum atomic E-state index is 14.8. The van der Waals surface area contributed by atoms with Crippen LogP contribution in [0.1, 0.15) is 76.1 Å². The van der Waals surface area contributed by atoms with Crippen LogP contribution in [0, 0.1) is 11.8 Å². The number of nitrogens with one attached hydrogen (secondary N) is 1. The summed E-state index contributed by atoms with van der Waals surface area (Å²) in [5, 5.41) is 29.2. The molecular formula is C49H51Cl2F2N6O9S+. The van der Waals surface area contributed by atoms with Crippen molar-refractivity contribution >= 4 is 52.9 Å². The SMILES string of the molecule is Cn1nc(C(=O)N2CCS[C@]2(C(=O)O)[C@@H](Cc2c(Cl)c[n+](O)cc2Cl)c2ccc(OC(F)F)c(OCC3CC3)c2)cc1COc1cccc([C@@H](NC(=O)O[C@H]2CN3CCC2CC3)c2ccccc2)c1. The summed E-state index contributed by atoms with van der Waals surface area (Å²) >= 11 is 14.3. The molecular weight excluding hydrogens is 958 g/mol. The number of fused-ring (bicyclic) bond motifs is 3. The Balaban J connectivity index is 0.971. The van der Waals surface area contributed by atoms with Crippen molar-refractivity contribution in [3.05, 3.63) is 135 Å². The van der Waals surface area contributed by atoms with E-state index in [1.807, 2.05) is 48.5 Å². The fourth-order valence-electron chi connectivity index (χ4n) is 9.53. The number of carboxylic acid groups (broad SMARTS) is 1. The van der Waals surface area contributed by atoms with Gasteiger partial charge in [0.05, 0.1) is 18.3 Å². The van der Waals surface area contributed by atoms with Crippen molar-refractivity contribution in [3.63, 3.8) is 0 Å². The van der Waals surface area contributed by atoms with E-state index in [2.05, 4.69) is 15.3 Å². The summed E-state index contributed by atoms with van der Waals surface area (Å²) in [6.45, 7) is -0.149. The molecule has 2 aromatic heterocycles. The fourth-order valence-corrected chi connectivity index (χ4v) is 11.6. The number of hydrogen-bond donors (Lipinski definition) is 3. The van der Waals surface area contributed by atoms with Gasteiger partial charge < -0.3 is 34.3 Å². The molecule has 15 nitrogen and oxygen atoms in total. The molecule has 1 aliphatic carbocycles. The van der Waals surface area contributed by atoms with Gasteiger partial charge >= 0.3 is 18.7 Å². The molecule has 10 rings (SSSR count). The summed E-state index contributed by atoms with van der Waals surface area (Å²) in [5.74, 6) is -2.12. The molecule has 4 atom stereocenters. The van der Waals surface area contributed by atoms with Crippen LogP contribution in [0.4, 0.5) is 13.6 Å². The van der Waals surface area contributed by atoms with E-state index in [1.165, 1.54) is 40.2 Å². The lowest BCUT2D eigenvalue weighted by molar-refractivity contribution is -0.904. The maximum absolute atomic E-state index is 14.8. The first-order valence-electron chi connectivity index (χ1n) is 22.7. The number of aryl methyl sites for hydroxylation is 1. The minimum absolute atomic E-state index is 0.00977. The van der Waals surface area contributed by atoms with Crippen molar-refractivity contribution in [2.45, 2.75) is 68.3 Å². The van der Waals surface area contributed by atoms with Gasteiger partial charge in [0.15, 0.2) is 22.1 Å². The summed E-state index contributed by atoms with van der Waals surface area (Å²) in [4.78, 5) is 43.7. The van der Waals surface area contributed by atoms with Crippen LogP contribution >= 0.6 is 35.0 Å². The third-order valence-corrected chi connectivity index (χ3v) is 15.5. The maximum Gasteiger partial charge on any atom is 0.408 e. The van der Waals surface area contributed by atoms with Gasteiger partial charge in [-0.15, -0.1) is 11.8 Å². The molecule has 4 saturated heterocycles. The molecule has 0 spiro atoms. The first-order chi connectivity index (χ1) is 33.2. The minimum Gasteiger partial charge on any atom is -0.489 e. The number of alkyl carbamates (subject to hydrolysis) is 1. The number of piperidine rings is 3. The molecule has 5 aliphatic rings. The van der Waals surface area contributed by atoms with Crippen molar-refractivity contribution in [2.75, 3.05) is 38.5 Å². The van der Waals surface area contributed by atoms with Crippen LogP contribution in [0.25, 0.3) is 0 Å². The van der Waals surface area contributed by atoms with Crippen LogP contribution in [-0.2, 0) is 29.6 Å². The molecule has 3 aromatic carbocycles. The van der Waals surface area contributed by atoms with Gasteiger partial charge in [-0.25, -0.2) is 9.59 Å². The average Bonchev–Trinajstić information content (AvgIpc) is 3.93. The normalized spacial score (nSPS) is 21.7. The van der Waals surface area contributed by atoms with E-state index in [0.29, 0.717) is 27.7 Å². The predicted octanol–water partition coefficient (Wildman–Crippen LogP) is 8.13. The molecule has 0 radical (unpaired) electrons. The summed E-state index contributed by atoms with van der Waals surface area (Å²) < 4.78 is 52.4. The number of rotatable bonds is 18. The van der Waals surface area contributed by atoms with Crippen LogP contribution in [0.5, 0.6) is 17.2 Å². The Kier molecular flexibility index (Phi) is 14.4. The summed E-state index contributed by atoms with van der Waals surface area (Å²) in [7, 11) is 1.65. The molecule has 69 heavy (non-hydrogen) atoms. The summed E-state index contributed by atoms with van der Waals surface area (Å²) in [6, 6.07) is 22.1. The zero-order valence-corrected chi connectivity index (χ0v) is 39.8. The largest absolute Gasteiger partial charge is 0.489 e. The minimum atomic E-state index is -3.16. The smallest absolute Gasteiger partial charge is 0.408 e. The van der Waals surface area contributed by atoms with Gasteiger partial charge in [0, 0.05) is 42.1 Å². The molecule has 4 aliphatic heterocycles. The Morgan fingerprint density at radius 1 is 0.913 bits per heavy atom. The van der Waals surface area contributed by atoms with Gasteiger partial charge in [-0.1, -0.05) is 71.7 Å². The zero-order chi connectivity index (χ0) is 48.4. The molecule has 2 amide bonds. The fraction of sp³-hybridized carbons (Fsp3) is 0.408. The van der Waals surface area contributed by atoms with Crippen molar-refractivity contribution < 1.29 is 57.2 Å². The van der Waals surface area contributed by atoms with Crippen LogP contribution in [0.3, 0.4) is 0 Å². The molecule has 364 valence electrons. The zero-order valence-electron chi connectivity index (χ0n) is 37.5. The number of carbonyl (C=O) groups is 3. The van der Waals surface area contributed by atoms with Gasteiger partial charge in [0.1, 0.15) is 28.5 Å². The van der Waals surface area contributed by atoms with Crippen LogP contribution in [-0.4, -0.2) is 104 Å². The first kappa shape index (κ1) is 48.2. The van der Waals surface area contributed by atoms with Gasteiger partial charge in [-0.3, -0.25) is 19.6 Å². The highest BCUT2D eigenvalue weighted by atomic mass is 35.5. The lowest BCUT2D eigenvalue weighted by Crippen LogP contribution is -2.55. The monoisotopic (exact) mass is 1010 g/mol. The number of pyridine rings is 1. The Hall–Kier alpha value is -5.82. The standard InChI is InChI=1S/C49H50Cl2F2N6O9S/c1-56-34(28-65-35-9-5-8-33(20-35)44(31-6-3-2-4-7-31)54-48(63)68-43-26-57-16-14-30(43)15-17-57)22-40(55-56)45(60)59-18-19-69-49(59,46(61)62)37(23-36-38(50)24-58(64)25-39(36)51)32-12-13-41(67-47(52)53)42(21-32)66-27-29-10-11-29/h2-9,12-13,20-22,24-25,29-30,37,43-44,47H,10-11,14-19,23,26-28H2,1H3,(H2-,54,61,62,63,64)/p+1/t37-,43-,44-,49-/m0/s1. The third kappa shape index (κ3) is 10.7. The number of nitrogens with zero attached hydrogens (tertiary/aromatic N) is 5.